The van der Waals surface area contributed by atoms with E-state index in [4.69, 9.17) is 28.8 Å². The Hall–Kier alpha value is -3.07. The average Bonchev–Trinajstić information content (AvgIpc) is 3.23. The summed E-state index contributed by atoms with van der Waals surface area (Å²) in [6.07, 6.45) is -2.56. The Morgan fingerprint density at radius 3 is 1.69 bits per heavy atom. The second-order valence-electron chi connectivity index (χ2n) is 8.27. The lowest BCUT2D eigenvalue weighted by Gasteiger charge is -2.25. The summed E-state index contributed by atoms with van der Waals surface area (Å²) in [6, 6.07) is 29.4. The van der Waals surface area contributed by atoms with Crippen molar-refractivity contribution in [1.82, 2.24) is 0 Å². The second kappa shape index (κ2) is 13.1. The van der Waals surface area contributed by atoms with Gasteiger partial charge in [-0.1, -0.05) is 91.0 Å². The van der Waals surface area contributed by atoms with E-state index in [2.05, 4.69) is 0 Å². The summed E-state index contributed by atoms with van der Waals surface area (Å²) in [5.41, 5.74) is 3.03. The number of carboxylic acids is 1. The molecule has 4 atom stereocenters. The summed E-state index contributed by atoms with van der Waals surface area (Å²) in [4.78, 5) is 11.2. The van der Waals surface area contributed by atoms with Crippen molar-refractivity contribution in [3.8, 4) is 0 Å². The first kappa shape index (κ1) is 25.0. The Bertz CT molecular complexity index is 1010. The maximum absolute atomic E-state index is 11.2. The molecule has 7 nitrogen and oxygen atoms in total. The summed E-state index contributed by atoms with van der Waals surface area (Å²) in [5, 5.41) is 9.14. The smallest absolute Gasteiger partial charge is 0.329 e. The lowest BCUT2D eigenvalue weighted by Crippen LogP contribution is -2.40. The van der Waals surface area contributed by atoms with Crippen molar-refractivity contribution in [2.45, 2.75) is 44.4 Å². The molecule has 0 amide bonds. The van der Waals surface area contributed by atoms with E-state index in [1.807, 2.05) is 91.0 Å². The Morgan fingerprint density at radius 2 is 1.17 bits per heavy atom. The third-order valence-electron chi connectivity index (χ3n) is 5.60. The highest BCUT2D eigenvalue weighted by atomic mass is 16.7. The highest BCUT2D eigenvalue weighted by molar-refractivity contribution is 5.68. The molecule has 3 aromatic rings. The van der Waals surface area contributed by atoms with Gasteiger partial charge in [-0.15, -0.1) is 0 Å². The average molecular weight is 479 g/mol. The van der Waals surface area contributed by atoms with E-state index in [1.54, 1.807) is 0 Å². The SMILES string of the molecule is O=C(O)COC1O[C@H](COCc2ccccc2)[C@@H](OCc2ccccc2)[C@H]1OCc1ccccc1. The number of aliphatic carboxylic acids is 1. The molecular formula is C28H30O7. The molecule has 1 aliphatic rings. The lowest BCUT2D eigenvalue weighted by atomic mass is 10.1. The van der Waals surface area contributed by atoms with Crippen LogP contribution in [0.3, 0.4) is 0 Å². The largest absolute Gasteiger partial charge is 0.480 e. The van der Waals surface area contributed by atoms with Gasteiger partial charge in [0.2, 0.25) is 0 Å². The fourth-order valence-corrected chi connectivity index (χ4v) is 3.89. The Kier molecular flexibility index (Phi) is 9.39. The van der Waals surface area contributed by atoms with Gasteiger partial charge in [0.1, 0.15) is 24.9 Å². The van der Waals surface area contributed by atoms with Crippen molar-refractivity contribution in [2.75, 3.05) is 13.2 Å². The molecule has 184 valence electrons. The number of carboxylic acid groups (broad SMARTS) is 1. The van der Waals surface area contributed by atoms with Crippen LogP contribution < -0.4 is 0 Å². The predicted octanol–water partition coefficient (Wildman–Crippen LogP) is 4.20. The molecule has 1 aliphatic heterocycles. The Morgan fingerprint density at radius 1 is 0.686 bits per heavy atom. The molecular weight excluding hydrogens is 448 g/mol. The molecule has 1 N–H and O–H groups in total. The van der Waals surface area contributed by atoms with Crippen LogP contribution in [0.5, 0.6) is 0 Å². The van der Waals surface area contributed by atoms with E-state index in [0.717, 1.165) is 16.7 Å². The van der Waals surface area contributed by atoms with Crippen LogP contribution in [0.25, 0.3) is 0 Å². The zero-order valence-electron chi connectivity index (χ0n) is 19.4. The molecule has 0 radical (unpaired) electrons. The number of hydrogen-bond donors (Lipinski definition) is 1. The van der Waals surface area contributed by atoms with E-state index >= 15 is 0 Å². The van der Waals surface area contributed by atoms with Crippen LogP contribution in [0.2, 0.25) is 0 Å². The monoisotopic (exact) mass is 478 g/mol. The number of rotatable bonds is 13. The highest BCUT2D eigenvalue weighted by Crippen LogP contribution is 2.30. The van der Waals surface area contributed by atoms with Crippen LogP contribution in [0.15, 0.2) is 91.0 Å². The molecule has 0 saturated carbocycles. The van der Waals surface area contributed by atoms with Crippen molar-refractivity contribution >= 4 is 5.97 Å². The fourth-order valence-electron chi connectivity index (χ4n) is 3.89. The molecule has 1 fully saturated rings. The molecule has 1 heterocycles. The van der Waals surface area contributed by atoms with Crippen molar-refractivity contribution in [3.05, 3.63) is 108 Å². The van der Waals surface area contributed by atoms with Crippen molar-refractivity contribution in [1.29, 1.82) is 0 Å². The minimum Gasteiger partial charge on any atom is -0.480 e. The molecule has 0 aromatic heterocycles. The summed E-state index contributed by atoms with van der Waals surface area (Å²) in [6.45, 7) is 0.819. The van der Waals surface area contributed by atoms with Crippen LogP contribution in [-0.4, -0.2) is 48.9 Å². The number of benzene rings is 3. The molecule has 1 saturated heterocycles. The molecule has 0 bridgehead atoms. The quantitative estimate of drug-likeness (QED) is 0.394. The van der Waals surface area contributed by atoms with Crippen LogP contribution in [0.4, 0.5) is 0 Å². The summed E-state index contributed by atoms with van der Waals surface area (Å²) in [7, 11) is 0. The van der Waals surface area contributed by atoms with Gasteiger partial charge in [0.15, 0.2) is 6.29 Å². The third kappa shape index (κ3) is 7.71. The first-order chi connectivity index (χ1) is 17.2. The summed E-state index contributed by atoms with van der Waals surface area (Å²) >= 11 is 0. The van der Waals surface area contributed by atoms with Crippen LogP contribution in [0, 0.1) is 0 Å². The molecule has 35 heavy (non-hydrogen) atoms. The van der Waals surface area contributed by atoms with Gasteiger partial charge in [-0.3, -0.25) is 0 Å². The maximum atomic E-state index is 11.2. The van der Waals surface area contributed by atoms with Crippen molar-refractivity contribution in [3.63, 3.8) is 0 Å². The van der Waals surface area contributed by atoms with Gasteiger partial charge < -0.3 is 28.8 Å². The second-order valence-corrected chi connectivity index (χ2v) is 8.27. The minimum atomic E-state index is -1.08. The molecule has 3 aromatic carbocycles. The van der Waals surface area contributed by atoms with Crippen molar-refractivity contribution in [2.24, 2.45) is 0 Å². The third-order valence-corrected chi connectivity index (χ3v) is 5.60. The van der Waals surface area contributed by atoms with E-state index < -0.39 is 37.2 Å². The van der Waals surface area contributed by atoms with Gasteiger partial charge in [0.25, 0.3) is 0 Å². The van der Waals surface area contributed by atoms with Crippen LogP contribution in [-0.2, 0) is 48.3 Å². The zero-order valence-corrected chi connectivity index (χ0v) is 19.4. The predicted molar refractivity (Wildman–Crippen MR) is 128 cm³/mol. The van der Waals surface area contributed by atoms with E-state index in [0.29, 0.717) is 19.8 Å². The van der Waals surface area contributed by atoms with E-state index in [1.165, 1.54) is 0 Å². The first-order valence-electron chi connectivity index (χ1n) is 11.6. The Balaban J connectivity index is 1.47. The highest BCUT2D eigenvalue weighted by Gasteiger charge is 2.47. The van der Waals surface area contributed by atoms with Gasteiger partial charge in [0.05, 0.1) is 26.4 Å². The lowest BCUT2D eigenvalue weighted by molar-refractivity contribution is -0.193. The molecule has 4 rings (SSSR count). The first-order valence-corrected chi connectivity index (χ1v) is 11.6. The number of carbonyl (C=O) groups is 1. The van der Waals surface area contributed by atoms with Gasteiger partial charge in [-0.2, -0.15) is 0 Å². The van der Waals surface area contributed by atoms with Crippen molar-refractivity contribution < 1.29 is 33.6 Å². The molecule has 1 unspecified atom stereocenters. The van der Waals surface area contributed by atoms with E-state index in [-0.39, 0.29) is 6.61 Å². The standard InChI is InChI=1S/C28H30O7/c29-25(30)20-34-28-27(33-18-23-14-8-3-9-15-23)26(32-17-22-12-6-2-7-13-22)24(35-28)19-31-16-21-10-4-1-5-11-21/h1-15,24,26-28H,16-20H2,(H,29,30)/t24-,26-,27-,28?/m1/s1. The van der Waals surface area contributed by atoms with Crippen LogP contribution >= 0.6 is 0 Å². The number of hydrogen-bond acceptors (Lipinski definition) is 6. The topological polar surface area (TPSA) is 83.5 Å². The summed E-state index contributed by atoms with van der Waals surface area (Å²) < 4.78 is 30.1. The normalized spacial score (nSPS) is 21.7. The maximum Gasteiger partial charge on any atom is 0.329 e. The molecule has 0 aliphatic carbocycles. The molecule has 7 heteroatoms. The fraction of sp³-hybridized carbons (Fsp3) is 0.321. The van der Waals surface area contributed by atoms with Gasteiger partial charge in [-0.25, -0.2) is 4.79 Å². The molecule has 0 spiro atoms. The zero-order chi connectivity index (χ0) is 24.3. The van der Waals surface area contributed by atoms with E-state index in [9.17, 15) is 4.79 Å². The van der Waals surface area contributed by atoms with Gasteiger partial charge in [0, 0.05) is 0 Å². The Labute approximate surface area is 205 Å². The minimum absolute atomic E-state index is 0.243. The van der Waals surface area contributed by atoms with Gasteiger partial charge in [-0.05, 0) is 16.7 Å². The van der Waals surface area contributed by atoms with Crippen LogP contribution in [0.1, 0.15) is 16.7 Å². The number of ether oxygens (including phenoxy) is 5. The summed E-state index contributed by atoms with van der Waals surface area (Å²) in [5.74, 6) is -1.08. The van der Waals surface area contributed by atoms with Gasteiger partial charge >= 0.3 is 5.97 Å².